The first kappa shape index (κ1) is 12.6. The standard InChI is InChI=1S/C12H15Cl2N/c1-9(2)8-15-6-5-10-3-4-11(13)7-12(10)14/h3-4,7,15H,1,5-6,8H2,2H3. The lowest BCUT2D eigenvalue weighted by molar-refractivity contribution is 0.729. The maximum atomic E-state index is 6.04. The second kappa shape index (κ2) is 6.16. The minimum atomic E-state index is 0.679. The van der Waals surface area contributed by atoms with Crippen LogP contribution in [0.2, 0.25) is 10.0 Å². The van der Waals surface area contributed by atoms with E-state index in [1.807, 2.05) is 19.1 Å². The van der Waals surface area contributed by atoms with E-state index in [0.717, 1.165) is 35.7 Å². The lowest BCUT2D eigenvalue weighted by Crippen LogP contribution is -2.19. The zero-order chi connectivity index (χ0) is 11.3. The Labute approximate surface area is 101 Å². The van der Waals surface area contributed by atoms with Gasteiger partial charge in [0.2, 0.25) is 0 Å². The van der Waals surface area contributed by atoms with Crippen LogP contribution in [-0.2, 0) is 6.42 Å². The molecule has 82 valence electrons. The summed E-state index contributed by atoms with van der Waals surface area (Å²) in [5, 5.41) is 4.70. The molecule has 0 aliphatic rings. The van der Waals surface area contributed by atoms with Gasteiger partial charge in [-0.2, -0.15) is 0 Å². The van der Waals surface area contributed by atoms with E-state index in [1.54, 1.807) is 6.07 Å². The summed E-state index contributed by atoms with van der Waals surface area (Å²) in [5.41, 5.74) is 2.26. The van der Waals surface area contributed by atoms with Crippen molar-refractivity contribution in [2.75, 3.05) is 13.1 Å². The quantitative estimate of drug-likeness (QED) is 0.615. The Balaban J connectivity index is 2.40. The molecule has 0 aliphatic heterocycles. The van der Waals surface area contributed by atoms with Gasteiger partial charge in [-0.25, -0.2) is 0 Å². The third kappa shape index (κ3) is 4.70. The van der Waals surface area contributed by atoms with Crippen LogP contribution in [0.1, 0.15) is 12.5 Å². The molecule has 0 spiro atoms. The number of hydrogen-bond acceptors (Lipinski definition) is 1. The molecule has 0 fully saturated rings. The molecule has 0 saturated carbocycles. The van der Waals surface area contributed by atoms with Crippen LogP contribution in [0.25, 0.3) is 0 Å². The van der Waals surface area contributed by atoms with Gasteiger partial charge in [0.15, 0.2) is 0 Å². The Morgan fingerprint density at radius 2 is 2.13 bits per heavy atom. The predicted octanol–water partition coefficient (Wildman–Crippen LogP) is 3.70. The summed E-state index contributed by atoms with van der Waals surface area (Å²) in [6.45, 7) is 7.57. The third-order valence-corrected chi connectivity index (χ3v) is 2.60. The van der Waals surface area contributed by atoms with E-state index in [0.29, 0.717) is 5.02 Å². The van der Waals surface area contributed by atoms with E-state index in [-0.39, 0.29) is 0 Å². The van der Waals surface area contributed by atoms with Gasteiger partial charge in [-0.3, -0.25) is 0 Å². The Hall–Kier alpha value is -0.500. The summed E-state index contributed by atoms with van der Waals surface area (Å²) in [6, 6.07) is 5.60. The lowest BCUT2D eigenvalue weighted by atomic mass is 10.1. The van der Waals surface area contributed by atoms with Crippen molar-refractivity contribution in [1.82, 2.24) is 5.32 Å². The fourth-order valence-corrected chi connectivity index (χ4v) is 1.75. The minimum absolute atomic E-state index is 0.679. The predicted molar refractivity (Wildman–Crippen MR) is 67.8 cm³/mol. The normalized spacial score (nSPS) is 10.3. The first-order valence-corrected chi connectivity index (χ1v) is 5.64. The van der Waals surface area contributed by atoms with Gasteiger partial charge in [-0.15, -0.1) is 0 Å². The van der Waals surface area contributed by atoms with Crippen LogP contribution < -0.4 is 5.32 Å². The maximum absolute atomic E-state index is 6.04. The first-order valence-electron chi connectivity index (χ1n) is 4.88. The van der Waals surface area contributed by atoms with Gasteiger partial charge in [0.1, 0.15) is 0 Å². The van der Waals surface area contributed by atoms with Gasteiger partial charge in [0.05, 0.1) is 0 Å². The molecule has 0 heterocycles. The summed E-state index contributed by atoms with van der Waals surface area (Å²) in [6.07, 6.45) is 0.906. The molecule has 0 unspecified atom stereocenters. The number of benzene rings is 1. The number of halogens is 2. The van der Waals surface area contributed by atoms with Gasteiger partial charge in [-0.05, 0) is 37.6 Å². The highest BCUT2D eigenvalue weighted by Gasteiger charge is 2.00. The van der Waals surface area contributed by atoms with Gasteiger partial charge in [-0.1, -0.05) is 41.4 Å². The van der Waals surface area contributed by atoms with Crippen molar-refractivity contribution in [1.29, 1.82) is 0 Å². The van der Waals surface area contributed by atoms with E-state index in [1.165, 1.54) is 0 Å². The van der Waals surface area contributed by atoms with Crippen LogP contribution in [-0.4, -0.2) is 13.1 Å². The zero-order valence-corrected chi connectivity index (χ0v) is 10.3. The number of nitrogens with one attached hydrogen (secondary N) is 1. The van der Waals surface area contributed by atoms with Crippen LogP contribution in [0, 0.1) is 0 Å². The molecule has 1 nitrogen and oxygen atoms in total. The first-order chi connectivity index (χ1) is 7.09. The average Bonchev–Trinajstić information content (AvgIpc) is 2.14. The van der Waals surface area contributed by atoms with Crippen LogP contribution in [0.3, 0.4) is 0 Å². The molecule has 3 heteroatoms. The van der Waals surface area contributed by atoms with Crippen molar-refractivity contribution >= 4 is 23.2 Å². The molecular weight excluding hydrogens is 229 g/mol. The van der Waals surface area contributed by atoms with Gasteiger partial charge >= 0.3 is 0 Å². The van der Waals surface area contributed by atoms with Crippen molar-refractivity contribution in [2.24, 2.45) is 0 Å². The third-order valence-electron chi connectivity index (χ3n) is 2.01. The highest BCUT2D eigenvalue weighted by Crippen LogP contribution is 2.20. The van der Waals surface area contributed by atoms with Gasteiger partial charge in [0.25, 0.3) is 0 Å². The highest BCUT2D eigenvalue weighted by molar-refractivity contribution is 6.35. The van der Waals surface area contributed by atoms with Crippen LogP contribution in [0.5, 0.6) is 0 Å². The van der Waals surface area contributed by atoms with Gasteiger partial charge in [0, 0.05) is 16.6 Å². The Morgan fingerprint density at radius 3 is 2.73 bits per heavy atom. The molecule has 0 saturated heterocycles. The fourth-order valence-electron chi connectivity index (χ4n) is 1.25. The topological polar surface area (TPSA) is 12.0 Å². The number of hydrogen-bond donors (Lipinski definition) is 1. The summed E-state index contributed by atoms with van der Waals surface area (Å²) in [5.74, 6) is 0. The van der Waals surface area contributed by atoms with E-state index in [2.05, 4.69) is 11.9 Å². The van der Waals surface area contributed by atoms with Crippen molar-refractivity contribution in [3.8, 4) is 0 Å². The second-order valence-electron chi connectivity index (χ2n) is 3.62. The fraction of sp³-hybridized carbons (Fsp3) is 0.333. The summed E-state index contributed by atoms with van der Waals surface area (Å²) in [7, 11) is 0. The number of rotatable bonds is 5. The smallest absolute Gasteiger partial charge is 0.0453 e. The molecule has 1 aromatic rings. The molecule has 1 aromatic carbocycles. The summed E-state index contributed by atoms with van der Waals surface area (Å²) < 4.78 is 0. The van der Waals surface area contributed by atoms with Gasteiger partial charge < -0.3 is 5.32 Å². The molecule has 1 N–H and O–H groups in total. The zero-order valence-electron chi connectivity index (χ0n) is 8.82. The Kier molecular flexibility index (Phi) is 5.16. The Bertz CT molecular complexity index is 347. The molecule has 0 radical (unpaired) electrons. The van der Waals surface area contributed by atoms with Crippen molar-refractivity contribution < 1.29 is 0 Å². The van der Waals surface area contributed by atoms with Crippen molar-refractivity contribution in [3.63, 3.8) is 0 Å². The second-order valence-corrected chi connectivity index (χ2v) is 4.46. The monoisotopic (exact) mass is 243 g/mol. The van der Waals surface area contributed by atoms with Crippen molar-refractivity contribution in [2.45, 2.75) is 13.3 Å². The lowest BCUT2D eigenvalue weighted by Gasteiger charge is -2.06. The van der Waals surface area contributed by atoms with E-state index in [9.17, 15) is 0 Å². The molecule has 1 rings (SSSR count). The van der Waals surface area contributed by atoms with Crippen LogP contribution in [0.4, 0.5) is 0 Å². The summed E-state index contributed by atoms with van der Waals surface area (Å²) >= 11 is 11.8. The minimum Gasteiger partial charge on any atom is -0.313 e. The molecule has 0 amide bonds. The molecular formula is C12H15Cl2N. The largest absolute Gasteiger partial charge is 0.313 e. The maximum Gasteiger partial charge on any atom is 0.0453 e. The molecule has 0 aromatic heterocycles. The molecule has 0 aliphatic carbocycles. The molecule has 0 bridgehead atoms. The summed E-state index contributed by atoms with van der Waals surface area (Å²) in [4.78, 5) is 0. The van der Waals surface area contributed by atoms with E-state index >= 15 is 0 Å². The van der Waals surface area contributed by atoms with Crippen LogP contribution >= 0.6 is 23.2 Å². The molecule has 0 atom stereocenters. The van der Waals surface area contributed by atoms with E-state index < -0.39 is 0 Å². The van der Waals surface area contributed by atoms with Crippen LogP contribution in [0.15, 0.2) is 30.4 Å². The van der Waals surface area contributed by atoms with Crippen molar-refractivity contribution in [3.05, 3.63) is 46.0 Å². The SMILES string of the molecule is C=C(C)CNCCc1ccc(Cl)cc1Cl. The average molecular weight is 244 g/mol. The highest BCUT2D eigenvalue weighted by atomic mass is 35.5. The van der Waals surface area contributed by atoms with E-state index in [4.69, 9.17) is 23.2 Å². The Morgan fingerprint density at radius 1 is 1.40 bits per heavy atom. The molecule has 15 heavy (non-hydrogen) atoms.